The molecule has 11 rings (SSSR count). The number of hydrogen-bond donors (Lipinski definition) is 1. The van der Waals surface area contributed by atoms with Gasteiger partial charge in [-0.1, -0.05) is 164 Å². The molecule has 0 bridgehead atoms. The van der Waals surface area contributed by atoms with E-state index < -0.39 is 125 Å². The fourth-order valence-corrected chi connectivity index (χ4v) is 15.1. The molecule has 0 saturated heterocycles. The second-order valence-corrected chi connectivity index (χ2v) is 27.5. The Balaban J connectivity index is 0.00000157. The van der Waals surface area contributed by atoms with Crippen LogP contribution in [0.25, 0.3) is 76.2 Å². The Morgan fingerprint density at radius 1 is 0.393 bits per heavy atom. The largest absolute Gasteiger partial charge is 0.512 e. The zero-order chi connectivity index (χ0) is 78.1. The number of rotatable bonds is 21. The van der Waals surface area contributed by atoms with Crippen molar-refractivity contribution in [3.05, 3.63) is 217 Å². The standard InChI is InChI=1S/C68H40F26O3P2.C5H8O2.Rh/c69-57(70,59(73,74)61(77,78)63(81,82)65(85,86)67(89,90)91)31-29-37-9-5-15-44(33-37)98(45-16-6-10-38(34-45)30-32-58(71,72)60(75,76)62(79,80)64(83,84)66(87,88)68(92,93)94)46-26-22-42-14-8-20-50(52(42)36-46)49-19-7-13-41-21-25-43(35-51(41)49)95-99-96-53-27-23-39-11-1-3-17-47(39)55(53)56-48-18-4-2-12-40(48)24-28-54(56)97-99;1-4(6)3-5(2)7;/h1-28,33-36H,29-32H2;3,6H,1-2H3;/b;4-3-;. The molecule has 0 unspecified atom stereocenters. The van der Waals surface area contributed by atoms with Gasteiger partial charge in [0.2, 0.25) is 0 Å². The number of alkyl halides is 26. The molecule has 107 heavy (non-hydrogen) atoms. The van der Waals surface area contributed by atoms with Crippen molar-refractivity contribution >= 4 is 103 Å². The van der Waals surface area contributed by atoms with Gasteiger partial charge in [0.15, 0.2) is 5.78 Å². The van der Waals surface area contributed by atoms with Crippen LogP contribution >= 0.6 is 16.2 Å². The molecule has 1 N–H and O–H groups in total. The molecule has 0 saturated carbocycles. The Morgan fingerprint density at radius 3 is 1.13 bits per heavy atom. The molecular weight excluding hydrogens is 1620 g/mol. The molecule has 1 heterocycles. The molecule has 0 fully saturated rings. The first kappa shape index (κ1) is 82.4. The number of fused-ring (bicyclic) bond motifs is 9. The minimum atomic E-state index is -8.19. The Labute approximate surface area is 601 Å². The van der Waals surface area contributed by atoms with Crippen molar-refractivity contribution in [1.82, 2.24) is 0 Å². The summed E-state index contributed by atoms with van der Waals surface area (Å²) < 4.78 is 387. The van der Waals surface area contributed by atoms with Crippen LogP contribution in [0.1, 0.15) is 37.8 Å². The van der Waals surface area contributed by atoms with E-state index in [-0.39, 0.29) is 52.7 Å². The van der Waals surface area contributed by atoms with Gasteiger partial charge in [-0.3, -0.25) is 4.79 Å². The van der Waals surface area contributed by atoms with Gasteiger partial charge in [-0.15, -0.1) is 0 Å². The molecule has 0 atom stereocenters. The van der Waals surface area contributed by atoms with Gasteiger partial charge in [-0.25, -0.2) is 0 Å². The summed E-state index contributed by atoms with van der Waals surface area (Å²) in [7, 11) is -4.82. The third kappa shape index (κ3) is 15.0. The van der Waals surface area contributed by atoms with E-state index in [4.69, 9.17) is 18.0 Å². The maximum atomic E-state index is 15.3. The summed E-state index contributed by atoms with van der Waals surface area (Å²) in [6.07, 6.45) is -22.7. The Bertz CT molecular complexity index is 5010. The number of benzene rings is 10. The fraction of sp³-hybridized carbons (Fsp3) is 0.247. The van der Waals surface area contributed by atoms with Crippen LogP contribution in [0.2, 0.25) is 0 Å². The topological polar surface area (TPSA) is 72.8 Å². The zero-order valence-corrected chi connectivity index (χ0v) is 57.4. The monoisotopic (exact) mass is 1660 g/mol. The van der Waals surface area contributed by atoms with Crippen LogP contribution in [0.3, 0.4) is 0 Å². The molecular formula is C73H48F26O5P2Rh. The third-order valence-corrected chi connectivity index (χ3v) is 20.5. The van der Waals surface area contributed by atoms with Crippen molar-refractivity contribution in [2.45, 2.75) is 111 Å². The van der Waals surface area contributed by atoms with Gasteiger partial charge < -0.3 is 18.0 Å². The Morgan fingerprint density at radius 2 is 0.738 bits per heavy atom. The number of ketones is 1. The van der Waals surface area contributed by atoms with Crippen LogP contribution in [0.15, 0.2) is 214 Å². The van der Waals surface area contributed by atoms with Crippen molar-refractivity contribution in [2.24, 2.45) is 0 Å². The summed E-state index contributed by atoms with van der Waals surface area (Å²) in [5.41, 5.74) is 0.577. The predicted octanol–water partition coefficient (Wildman–Crippen LogP) is 24.5. The van der Waals surface area contributed by atoms with E-state index in [2.05, 4.69) is 0 Å². The number of aliphatic hydroxyl groups excluding tert-OH is 1. The molecule has 1 aromatic heterocycles. The van der Waals surface area contributed by atoms with E-state index in [1.807, 2.05) is 60.7 Å². The molecule has 0 aliphatic carbocycles. The number of aryl methyl sites for hydroxylation is 2. The summed E-state index contributed by atoms with van der Waals surface area (Å²) in [5, 5.41) is 15.1. The van der Waals surface area contributed by atoms with Gasteiger partial charge in [-0.2, -0.15) is 114 Å². The SMILES string of the molecule is CC(=O)/C=C(/C)O.FC(F)(F)C(F)(F)C(F)(F)C(F)(F)C(F)(F)C(F)(F)CCc1cccc(P(c2cccc(CCC(F)(F)C(F)(F)C(F)(F)C(F)(F)C(F)(F)C(F)(F)F)c2)c2ccc3cccc(-c4cccc5ccc(Op6oc7ccc8ccccc8c7c7c(ccc8ccccc87)o6)cc45)c3c2)c1.[Rh]. The van der Waals surface area contributed by atoms with E-state index in [1.54, 1.807) is 66.7 Å². The minimum absolute atomic E-state index is 0. The van der Waals surface area contributed by atoms with Crippen molar-refractivity contribution in [2.75, 3.05) is 0 Å². The van der Waals surface area contributed by atoms with Crippen LogP contribution in [0, 0.1) is 0 Å². The fourth-order valence-electron chi connectivity index (χ4n) is 11.6. The molecule has 0 spiro atoms. The van der Waals surface area contributed by atoms with Crippen LogP contribution < -0.4 is 20.4 Å². The van der Waals surface area contributed by atoms with Gasteiger partial charge in [0.05, 0.1) is 5.76 Å². The number of halogens is 26. The Hall–Kier alpha value is -8.62. The second-order valence-electron chi connectivity index (χ2n) is 24.3. The molecule has 11 aromatic rings. The molecule has 0 aliphatic heterocycles. The molecule has 571 valence electrons. The number of allylic oxidation sites excluding steroid dienone is 2. The summed E-state index contributed by atoms with van der Waals surface area (Å²) in [6.45, 7) is 2.85. The second kappa shape index (κ2) is 29.4. The summed E-state index contributed by atoms with van der Waals surface area (Å²) in [6, 6.07) is 49.9. The average Bonchev–Trinajstić information content (AvgIpc) is 1.26. The van der Waals surface area contributed by atoms with Gasteiger partial charge in [-0.05, 0) is 146 Å². The molecule has 0 aliphatic rings. The predicted molar refractivity (Wildman–Crippen MR) is 348 cm³/mol. The minimum Gasteiger partial charge on any atom is -0.512 e. The first-order valence-corrected chi connectivity index (χ1v) is 33.2. The quantitative estimate of drug-likeness (QED) is 0.0255. The normalized spacial score (nSPS) is 13.7. The van der Waals surface area contributed by atoms with E-state index in [1.165, 1.54) is 50.3 Å². The molecule has 0 amide bonds. The maximum absolute atomic E-state index is 15.3. The van der Waals surface area contributed by atoms with E-state index in [0.29, 0.717) is 43.8 Å². The van der Waals surface area contributed by atoms with Crippen LogP contribution in [-0.4, -0.2) is 82.5 Å². The summed E-state index contributed by atoms with van der Waals surface area (Å²) >= 11 is 0. The number of hydrogen-bond acceptors (Lipinski definition) is 5. The van der Waals surface area contributed by atoms with Crippen molar-refractivity contribution in [1.29, 1.82) is 0 Å². The van der Waals surface area contributed by atoms with Gasteiger partial charge in [0.1, 0.15) is 16.9 Å². The zero-order valence-electron chi connectivity index (χ0n) is 54.0. The summed E-state index contributed by atoms with van der Waals surface area (Å²) in [4.78, 5) is 10.0. The van der Waals surface area contributed by atoms with E-state index in [9.17, 15) is 101 Å². The van der Waals surface area contributed by atoms with Crippen LogP contribution in [-0.2, 0) is 37.1 Å². The summed E-state index contributed by atoms with van der Waals surface area (Å²) in [5.74, 6) is -76.8. The van der Waals surface area contributed by atoms with Crippen molar-refractivity contribution < 1.29 is 156 Å². The smallest absolute Gasteiger partial charge is 0.460 e. The van der Waals surface area contributed by atoms with E-state index >= 15 is 17.6 Å². The Kier molecular flexibility index (Phi) is 22.7. The number of aliphatic hydroxyl groups is 1. The van der Waals surface area contributed by atoms with Crippen LogP contribution in [0.5, 0.6) is 5.75 Å². The first-order chi connectivity index (χ1) is 49.0. The van der Waals surface area contributed by atoms with Gasteiger partial charge in [0.25, 0.3) is 0 Å². The maximum Gasteiger partial charge on any atom is 0.460 e. The van der Waals surface area contributed by atoms with Gasteiger partial charge in [0, 0.05) is 49.2 Å². The molecule has 10 aromatic carbocycles. The third-order valence-electron chi connectivity index (χ3n) is 17.0. The van der Waals surface area contributed by atoms with E-state index in [0.717, 1.165) is 68.7 Å². The average molecular weight is 1660 g/mol. The molecule has 1 radical (unpaired) electrons. The molecule has 34 heteroatoms. The van der Waals surface area contributed by atoms with Crippen LogP contribution in [0.4, 0.5) is 114 Å². The van der Waals surface area contributed by atoms with Crippen molar-refractivity contribution in [3.8, 4) is 16.9 Å². The number of carbonyl (C=O) groups is 1. The first-order valence-electron chi connectivity index (χ1n) is 30.7. The van der Waals surface area contributed by atoms with Crippen molar-refractivity contribution in [3.63, 3.8) is 0 Å². The molecule has 5 nitrogen and oxygen atoms in total. The van der Waals surface area contributed by atoms with Gasteiger partial charge >= 0.3 is 79.8 Å². The number of carbonyl (C=O) groups excluding carboxylic acids is 1.